The highest BCUT2D eigenvalue weighted by Gasteiger charge is 2.24. The molecule has 0 aliphatic heterocycles. The van der Waals surface area contributed by atoms with Crippen molar-refractivity contribution < 1.29 is 9.18 Å². The molecule has 1 aromatic heterocycles. The van der Waals surface area contributed by atoms with E-state index in [0.717, 1.165) is 0 Å². The van der Waals surface area contributed by atoms with Crippen LogP contribution in [0.5, 0.6) is 0 Å². The number of hydrogen-bond acceptors (Lipinski definition) is 3. The van der Waals surface area contributed by atoms with Crippen molar-refractivity contribution in [2.24, 2.45) is 0 Å². The highest BCUT2D eigenvalue weighted by molar-refractivity contribution is 5.94. The standard InChI is InChI=1S/C24H20FN3O2/c1-16(27(2)23(29)17-12-14-18(25)15-13-17)22-26-21-11-7-6-10-20(21)24(30)28(22)19-8-4-3-5-9-19/h3-16H,1-2H3. The lowest BCUT2D eigenvalue weighted by Gasteiger charge is -2.27. The van der Waals surface area contributed by atoms with Gasteiger partial charge in [0.25, 0.3) is 11.5 Å². The minimum atomic E-state index is -0.514. The van der Waals surface area contributed by atoms with E-state index in [4.69, 9.17) is 4.98 Å². The van der Waals surface area contributed by atoms with Crippen LogP contribution in [0.1, 0.15) is 29.1 Å². The third-order valence-electron chi connectivity index (χ3n) is 5.18. The first-order valence-electron chi connectivity index (χ1n) is 9.57. The van der Waals surface area contributed by atoms with Crippen LogP contribution in [0.25, 0.3) is 16.6 Å². The lowest BCUT2D eigenvalue weighted by molar-refractivity contribution is 0.0735. The number of fused-ring (bicyclic) bond motifs is 1. The molecule has 0 bridgehead atoms. The average Bonchev–Trinajstić information content (AvgIpc) is 2.78. The molecule has 1 heterocycles. The molecule has 4 rings (SSSR count). The lowest BCUT2D eigenvalue weighted by Crippen LogP contribution is -2.34. The summed E-state index contributed by atoms with van der Waals surface area (Å²) in [6.45, 7) is 1.82. The maximum atomic E-state index is 13.3. The molecule has 6 heteroatoms. The summed E-state index contributed by atoms with van der Waals surface area (Å²) in [5.74, 6) is -0.247. The fraction of sp³-hybridized carbons (Fsp3) is 0.125. The Kier molecular flexibility index (Phi) is 5.14. The molecule has 0 saturated heterocycles. The number of carbonyl (C=O) groups is 1. The molecular weight excluding hydrogens is 381 g/mol. The zero-order valence-corrected chi connectivity index (χ0v) is 16.6. The van der Waals surface area contributed by atoms with Crippen molar-refractivity contribution in [1.29, 1.82) is 0 Å². The number of rotatable bonds is 4. The molecule has 0 fully saturated rings. The predicted molar refractivity (Wildman–Crippen MR) is 114 cm³/mol. The highest BCUT2D eigenvalue weighted by atomic mass is 19.1. The quantitative estimate of drug-likeness (QED) is 0.511. The summed E-state index contributed by atoms with van der Waals surface area (Å²) in [5.41, 5.74) is 1.40. The van der Waals surface area contributed by atoms with Gasteiger partial charge in [-0.05, 0) is 55.5 Å². The average molecular weight is 401 g/mol. The van der Waals surface area contributed by atoms with Gasteiger partial charge < -0.3 is 4.90 Å². The van der Waals surface area contributed by atoms with Crippen LogP contribution < -0.4 is 5.56 Å². The summed E-state index contributed by atoms with van der Waals surface area (Å²) in [6, 6.07) is 21.2. The van der Waals surface area contributed by atoms with Gasteiger partial charge in [-0.1, -0.05) is 30.3 Å². The molecule has 0 aliphatic rings. The number of halogens is 1. The normalized spacial score (nSPS) is 12.0. The smallest absolute Gasteiger partial charge is 0.266 e. The third kappa shape index (κ3) is 3.48. The molecule has 5 nitrogen and oxygen atoms in total. The van der Waals surface area contributed by atoms with E-state index in [1.165, 1.54) is 29.2 Å². The largest absolute Gasteiger partial charge is 0.332 e. The number of para-hydroxylation sites is 2. The van der Waals surface area contributed by atoms with Crippen LogP contribution in [-0.4, -0.2) is 27.4 Å². The van der Waals surface area contributed by atoms with Gasteiger partial charge in [-0.15, -0.1) is 0 Å². The van der Waals surface area contributed by atoms with Crippen molar-refractivity contribution >= 4 is 16.8 Å². The number of benzene rings is 3. The van der Waals surface area contributed by atoms with Crippen molar-refractivity contribution in [3.8, 4) is 5.69 Å². The van der Waals surface area contributed by atoms with Crippen LogP contribution in [0, 0.1) is 5.82 Å². The number of aromatic nitrogens is 2. The molecule has 0 saturated carbocycles. The van der Waals surface area contributed by atoms with Gasteiger partial charge in [0.1, 0.15) is 11.6 Å². The van der Waals surface area contributed by atoms with Crippen molar-refractivity contribution in [3.05, 3.63) is 106 Å². The fourth-order valence-corrected chi connectivity index (χ4v) is 3.40. The molecule has 0 N–H and O–H groups in total. The third-order valence-corrected chi connectivity index (χ3v) is 5.18. The van der Waals surface area contributed by atoms with Gasteiger partial charge in [0.2, 0.25) is 0 Å². The minimum absolute atomic E-state index is 0.198. The lowest BCUT2D eigenvalue weighted by atomic mass is 10.1. The number of nitrogens with zero attached hydrogens (tertiary/aromatic N) is 3. The van der Waals surface area contributed by atoms with Gasteiger partial charge in [0, 0.05) is 12.6 Å². The molecule has 4 aromatic rings. The zero-order valence-electron chi connectivity index (χ0n) is 16.6. The summed E-state index contributed by atoms with van der Waals surface area (Å²) in [5, 5.41) is 0.504. The van der Waals surface area contributed by atoms with Crippen molar-refractivity contribution in [1.82, 2.24) is 14.5 Å². The molecule has 0 aliphatic carbocycles. The molecule has 1 unspecified atom stereocenters. The molecule has 3 aromatic carbocycles. The minimum Gasteiger partial charge on any atom is -0.332 e. The monoisotopic (exact) mass is 401 g/mol. The maximum absolute atomic E-state index is 13.3. The van der Waals surface area contributed by atoms with E-state index < -0.39 is 11.9 Å². The second kappa shape index (κ2) is 7.91. The van der Waals surface area contributed by atoms with Gasteiger partial charge >= 0.3 is 0 Å². The topological polar surface area (TPSA) is 55.2 Å². The molecule has 0 radical (unpaired) electrons. The number of amides is 1. The Labute approximate surface area is 173 Å². The summed E-state index contributed by atoms with van der Waals surface area (Å²) in [4.78, 5) is 32.5. The van der Waals surface area contributed by atoms with Gasteiger partial charge in [-0.25, -0.2) is 9.37 Å². The van der Waals surface area contributed by atoms with Crippen molar-refractivity contribution in [2.45, 2.75) is 13.0 Å². The van der Waals surface area contributed by atoms with E-state index in [0.29, 0.717) is 28.0 Å². The first-order valence-corrected chi connectivity index (χ1v) is 9.57. The van der Waals surface area contributed by atoms with Gasteiger partial charge in [0.05, 0.1) is 22.6 Å². The second-order valence-corrected chi connectivity index (χ2v) is 7.06. The SMILES string of the molecule is CC(c1nc2ccccc2c(=O)n1-c1ccccc1)N(C)C(=O)c1ccc(F)cc1. The highest BCUT2D eigenvalue weighted by Crippen LogP contribution is 2.23. The van der Waals surface area contributed by atoms with Crippen LogP contribution in [0.15, 0.2) is 83.7 Å². The van der Waals surface area contributed by atoms with E-state index in [1.807, 2.05) is 43.3 Å². The number of carbonyl (C=O) groups excluding carboxylic acids is 1. The first kappa shape index (κ1) is 19.5. The predicted octanol–water partition coefficient (Wildman–Crippen LogP) is 4.36. The Bertz CT molecular complexity index is 1270. The van der Waals surface area contributed by atoms with Gasteiger partial charge in [-0.2, -0.15) is 0 Å². The van der Waals surface area contributed by atoms with Crippen molar-refractivity contribution in [3.63, 3.8) is 0 Å². The summed E-state index contributed by atoms with van der Waals surface area (Å²) < 4.78 is 14.8. The van der Waals surface area contributed by atoms with E-state index in [-0.39, 0.29) is 11.5 Å². The fourth-order valence-electron chi connectivity index (χ4n) is 3.40. The van der Waals surface area contributed by atoms with Crippen LogP contribution in [0.2, 0.25) is 0 Å². The van der Waals surface area contributed by atoms with Crippen molar-refractivity contribution in [2.75, 3.05) is 7.05 Å². The number of hydrogen-bond donors (Lipinski definition) is 0. The Morgan fingerprint density at radius 3 is 2.30 bits per heavy atom. The molecule has 1 atom stereocenters. The van der Waals surface area contributed by atoms with E-state index in [2.05, 4.69) is 0 Å². The summed E-state index contributed by atoms with van der Waals surface area (Å²) in [6.07, 6.45) is 0. The Morgan fingerprint density at radius 1 is 0.967 bits per heavy atom. The zero-order chi connectivity index (χ0) is 21.3. The molecule has 0 spiro atoms. The first-order chi connectivity index (χ1) is 14.5. The molecule has 30 heavy (non-hydrogen) atoms. The summed E-state index contributed by atoms with van der Waals surface area (Å²) in [7, 11) is 1.65. The van der Waals surface area contributed by atoms with Gasteiger partial charge in [-0.3, -0.25) is 14.2 Å². The summed E-state index contributed by atoms with van der Waals surface area (Å²) >= 11 is 0. The Morgan fingerprint density at radius 2 is 1.60 bits per heavy atom. The van der Waals surface area contributed by atoms with Crippen LogP contribution in [0.4, 0.5) is 4.39 Å². The van der Waals surface area contributed by atoms with Crippen LogP contribution in [0.3, 0.4) is 0 Å². The van der Waals surface area contributed by atoms with Crippen LogP contribution in [-0.2, 0) is 0 Å². The Balaban J connectivity index is 1.85. The van der Waals surface area contributed by atoms with E-state index >= 15 is 0 Å². The Hall–Kier alpha value is -3.80. The van der Waals surface area contributed by atoms with Gasteiger partial charge in [0.15, 0.2) is 0 Å². The maximum Gasteiger partial charge on any atom is 0.266 e. The molecule has 150 valence electrons. The van der Waals surface area contributed by atoms with E-state index in [1.54, 1.807) is 29.8 Å². The second-order valence-electron chi connectivity index (χ2n) is 7.06. The molecule has 1 amide bonds. The van der Waals surface area contributed by atoms with Crippen LogP contribution >= 0.6 is 0 Å². The molecular formula is C24H20FN3O2. The van der Waals surface area contributed by atoms with E-state index in [9.17, 15) is 14.0 Å².